The van der Waals surface area contributed by atoms with Crippen LogP contribution >= 0.6 is 0 Å². The van der Waals surface area contributed by atoms with Gasteiger partial charge in [0.2, 0.25) is 5.95 Å². The molecule has 171 valence electrons. The third kappa shape index (κ3) is 4.79. The maximum absolute atomic E-state index is 6.18. The van der Waals surface area contributed by atoms with Gasteiger partial charge in [-0.1, -0.05) is 13.0 Å². The monoisotopic (exact) mass is 435 g/mol. The van der Waals surface area contributed by atoms with Gasteiger partial charge in [0.25, 0.3) is 0 Å². The lowest BCUT2D eigenvalue weighted by molar-refractivity contribution is 0.00578. The van der Waals surface area contributed by atoms with Crippen LogP contribution in [0.1, 0.15) is 71.4 Å². The first-order chi connectivity index (χ1) is 15.0. The van der Waals surface area contributed by atoms with E-state index in [1.54, 1.807) is 0 Å². The third-order valence-electron chi connectivity index (χ3n) is 7.23. The summed E-state index contributed by atoms with van der Waals surface area (Å²) >= 11 is 0. The minimum atomic E-state index is -0.425. The summed E-state index contributed by atoms with van der Waals surface area (Å²) in [6.07, 6.45) is 6.80. The molecule has 0 spiro atoms. The zero-order valence-electron chi connectivity index (χ0n) is 20.3. The van der Waals surface area contributed by atoms with Crippen LogP contribution in [0.2, 0.25) is 0 Å². The third-order valence-corrected chi connectivity index (χ3v) is 7.23. The molecule has 4 rings (SSSR count). The van der Waals surface area contributed by atoms with E-state index >= 15 is 0 Å². The van der Waals surface area contributed by atoms with Crippen molar-refractivity contribution in [3.05, 3.63) is 42.4 Å². The molecule has 2 heterocycles. The smallest absolute Gasteiger partial charge is 0.399 e. The normalized spacial score (nSPS) is 24.4. The quantitative estimate of drug-likeness (QED) is 0.645. The minimum Gasteiger partial charge on any atom is -0.399 e. The summed E-state index contributed by atoms with van der Waals surface area (Å²) in [5.74, 6) is 2.31. The van der Waals surface area contributed by atoms with Crippen LogP contribution in [0, 0.1) is 19.8 Å². The second-order valence-electron chi connectivity index (χ2n) is 10.5. The Morgan fingerprint density at radius 3 is 2.34 bits per heavy atom. The van der Waals surface area contributed by atoms with Gasteiger partial charge in [-0.2, -0.15) is 4.98 Å². The molecule has 0 unspecified atom stereocenters. The Morgan fingerprint density at radius 2 is 1.72 bits per heavy atom. The van der Waals surface area contributed by atoms with Crippen LogP contribution in [0.25, 0.3) is 0 Å². The molecule has 32 heavy (non-hydrogen) atoms. The van der Waals surface area contributed by atoms with Crippen molar-refractivity contribution in [1.82, 2.24) is 9.97 Å². The van der Waals surface area contributed by atoms with E-state index in [0.717, 1.165) is 34.0 Å². The molecule has 2 aliphatic rings. The molecule has 0 atom stereocenters. The summed E-state index contributed by atoms with van der Waals surface area (Å²) in [5, 5.41) is 6.96. The van der Waals surface area contributed by atoms with Gasteiger partial charge in [0.05, 0.1) is 11.2 Å². The van der Waals surface area contributed by atoms with E-state index in [9.17, 15) is 0 Å². The number of aromatic nitrogens is 2. The Hall–Kier alpha value is -2.12. The fraction of sp³-hybridized carbons (Fsp3) is 0.560. The molecule has 1 aliphatic carbocycles. The van der Waals surface area contributed by atoms with E-state index in [1.807, 2.05) is 31.3 Å². The molecule has 1 saturated heterocycles. The van der Waals surface area contributed by atoms with Crippen molar-refractivity contribution in [3.63, 3.8) is 0 Å². The summed E-state index contributed by atoms with van der Waals surface area (Å²) in [6.45, 7) is 16.8. The molecule has 1 saturated carbocycles. The highest BCUT2D eigenvalue weighted by molar-refractivity contribution is 6.62. The summed E-state index contributed by atoms with van der Waals surface area (Å²) in [4.78, 5) is 9.22. The fourth-order valence-corrected chi connectivity index (χ4v) is 4.26. The molecule has 2 N–H and O–H groups in total. The first kappa shape index (κ1) is 23.1. The average molecular weight is 435 g/mol. The second kappa shape index (κ2) is 8.67. The summed E-state index contributed by atoms with van der Waals surface area (Å²) in [7, 11) is -0.425. The Kier molecular flexibility index (Phi) is 6.25. The van der Waals surface area contributed by atoms with Crippen LogP contribution in [0.15, 0.2) is 24.4 Å². The second-order valence-corrected chi connectivity index (χ2v) is 10.5. The van der Waals surface area contributed by atoms with Crippen LogP contribution in [0.3, 0.4) is 0 Å². The number of nitrogens with zero attached hydrogens (tertiary/aromatic N) is 2. The standard InChI is InChI=1S/C25H36BN4O2/c1-16-8-10-19(11-9-16)28-22-18(3)15-27-23(30-22)29-20-12-13-21(17(2)14-20)26-31-24(4,5)25(6,7)32-26/h12-16,19H,2,8-11H2,1,3-7H3,(H2,27,28,29,30). The maximum Gasteiger partial charge on any atom is 0.495 e. The molecule has 2 aromatic rings. The number of nitrogens with one attached hydrogen (secondary N) is 2. The first-order valence-corrected chi connectivity index (χ1v) is 11.7. The number of benzene rings is 1. The van der Waals surface area contributed by atoms with Crippen molar-refractivity contribution in [2.45, 2.75) is 84.5 Å². The SMILES string of the molecule is [CH2]c1cc(Nc2ncc(C)c(NC3CCC(C)CC3)n2)ccc1B1OC(C)(C)C(C)(C)O1. The van der Waals surface area contributed by atoms with Crippen molar-refractivity contribution in [1.29, 1.82) is 0 Å². The lowest BCUT2D eigenvalue weighted by Gasteiger charge is -2.32. The number of aryl methyl sites for hydroxylation is 1. The van der Waals surface area contributed by atoms with Crippen LogP contribution in [0.4, 0.5) is 17.5 Å². The topological polar surface area (TPSA) is 68.3 Å². The number of hydrogen-bond acceptors (Lipinski definition) is 6. The number of rotatable bonds is 5. The van der Waals surface area contributed by atoms with Crippen molar-refractivity contribution < 1.29 is 9.31 Å². The molecule has 1 aromatic carbocycles. The van der Waals surface area contributed by atoms with E-state index in [0.29, 0.717) is 12.0 Å². The van der Waals surface area contributed by atoms with Gasteiger partial charge in [0.15, 0.2) is 0 Å². The molecular weight excluding hydrogens is 399 g/mol. The van der Waals surface area contributed by atoms with Gasteiger partial charge >= 0.3 is 7.12 Å². The maximum atomic E-state index is 6.18. The van der Waals surface area contributed by atoms with E-state index in [2.05, 4.69) is 57.2 Å². The molecule has 0 amide bonds. The lowest BCUT2D eigenvalue weighted by atomic mass is 9.76. The molecule has 6 nitrogen and oxygen atoms in total. The Balaban J connectivity index is 1.46. The van der Waals surface area contributed by atoms with Crippen molar-refractivity contribution >= 4 is 30.0 Å². The van der Waals surface area contributed by atoms with E-state index in [1.165, 1.54) is 25.7 Å². The highest BCUT2D eigenvalue weighted by Crippen LogP contribution is 2.37. The zero-order chi connectivity index (χ0) is 23.1. The number of hydrogen-bond donors (Lipinski definition) is 2. The van der Waals surface area contributed by atoms with E-state index < -0.39 is 7.12 Å². The lowest BCUT2D eigenvalue weighted by Crippen LogP contribution is -2.41. The van der Waals surface area contributed by atoms with Gasteiger partial charge in [-0.25, -0.2) is 4.98 Å². The molecular formula is C25H36BN4O2. The van der Waals surface area contributed by atoms with Crippen molar-refractivity contribution in [2.24, 2.45) is 5.92 Å². The highest BCUT2D eigenvalue weighted by atomic mass is 16.7. The predicted octanol–water partition coefficient (Wildman–Crippen LogP) is 5.00. The Morgan fingerprint density at radius 1 is 1.06 bits per heavy atom. The van der Waals surface area contributed by atoms with Gasteiger partial charge in [-0.3, -0.25) is 0 Å². The fourth-order valence-electron chi connectivity index (χ4n) is 4.26. The first-order valence-electron chi connectivity index (χ1n) is 11.7. The molecule has 2 fully saturated rings. The van der Waals surface area contributed by atoms with E-state index in [-0.39, 0.29) is 11.2 Å². The molecule has 1 aromatic heterocycles. The average Bonchev–Trinajstić information content (AvgIpc) is 2.93. The van der Waals surface area contributed by atoms with E-state index in [4.69, 9.17) is 14.3 Å². The van der Waals surface area contributed by atoms with Gasteiger partial charge in [0.1, 0.15) is 5.82 Å². The van der Waals surface area contributed by atoms with Gasteiger partial charge in [0, 0.05) is 23.5 Å². The van der Waals surface area contributed by atoms with Gasteiger partial charge < -0.3 is 19.9 Å². The Bertz CT molecular complexity index is 954. The molecule has 1 aliphatic heterocycles. The highest BCUT2D eigenvalue weighted by Gasteiger charge is 2.52. The summed E-state index contributed by atoms with van der Waals surface area (Å²) < 4.78 is 12.4. The molecule has 1 radical (unpaired) electrons. The summed E-state index contributed by atoms with van der Waals surface area (Å²) in [5.41, 5.74) is 2.98. The van der Waals surface area contributed by atoms with Gasteiger partial charge in [-0.15, -0.1) is 0 Å². The predicted molar refractivity (Wildman–Crippen MR) is 132 cm³/mol. The largest absolute Gasteiger partial charge is 0.495 e. The Labute approximate surface area is 193 Å². The van der Waals surface area contributed by atoms with Crippen molar-refractivity contribution in [3.8, 4) is 0 Å². The molecule has 7 heteroatoms. The van der Waals surface area contributed by atoms with Crippen LogP contribution in [0.5, 0.6) is 0 Å². The molecule has 0 bridgehead atoms. The summed E-state index contributed by atoms with van der Waals surface area (Å²) in [6, 6.07) is 6.47. The minimum absolute atomic E-state index is 0.378. The number of anilines is 3. The van der Waals surface area contributed by atoms with Crippen LogP contribution in [-0.2, 0) is 9.31 Å². The van der Waals surface area contributed by atoms with Crippen LogP contribution in [-0.4, -0.2) is 34.3 Å². The van der Waals surface area contributed by atoms with Gasteiger partial charge in [-0.05, 0) is 96.3 Å². The zero-order valence-corrected chi connectivity index (χ0v) is 20.3. The van der Waals surface area contributed by atoms with Crippen molar-refractivity contribution in [2.75, 3.05) is 10.6 Å². The van der Waals surface area contributed by atoms with Crippen LogP contribution < -0.4 is 16.1 Å².